The number of nitrogens with zero attached hydrogens (tertiary/aromatic N) is 1. The fourth-order valence-electron chi connectivity index (χ4n) is 2.85. The molecule has 0 bridgehead atoms. The summed E-state index contributed by atoms with van der Waals surface area (Å²) in [6.07, 6.45) is 2.27. The molecule has 0 unspecified atom stereocenters. The molecule has 1 heterocycles. The summed E-state index contributed by atoms with van der Waals surface area (Å²) >= 11 is 0. The summed E-state index contributed by atoms with van der Waals surface area (Å²) in [5.41, 5.74) is 1.51. The van der Waals surface area contributed by atoms with Crippen molar-refractivity contribution in [3.8, 4) is 0 Å². The van der Waals surface area contributed by atoms with E-state index in [2.05, 4.69) is 5.32 Å². The number of hydrogen-bond donors (Lipinski definition) is 2. The molecule has 7 nitrogen and oxygen atoms in total. The van der Waals surface area contributed by atoms with Crippen LogP contribution in [0.3, 0.4) is 0 Å². The van der Waals surface area contributed by atoms with Gasteiger partial charge < -0.3 is 10.2 Å². The van der Waals surface area contributed by atoms with Gasteiger partial charge in [-0.05, 0) is 43.5 Å². The molecule has 2 rings (SSSR count). The van der Waals surface area contributed by atoms with Gasteiger partial charge in [-0.2, -0.15) is 0 Å². The van der Waals surface area contributed by atoms with Crippen LogP contribution < -0.4 is 14.9 Å². The van der Waals surface area contributed by atoms with Gasteiger partial charge in [0.05, 0.1) is 4.90 Å². The third-order valence-corrected chi connectivity index (χ3v) is 5.29. The highest BCUT2D eigenvalue weighted by atomic mass is 32.2. The number of hydrogen-bond acceptors (Lipinski definition) is 4. The highest BCUT2D eigenvalue weighted by molar-refractivity contribution is 7.90. The maximum Gasteiger partial charge on any atom is 0.328 e. The number of sulfonamides is 1. The van der Waals surface area contributed by atoms with Gasteiger partial charge in [-0.25, -0.2) is 17.9 Å². The van der Waals surface area contributed by atoms with Crippen molar-refractivity contribution in [2.45, 2.75) is 51.0 Å². The average Bonchev–Trinajstić information content (AvgIpc) is 2.81. The number of carbonyl (C=O) groups excluding carboxylic acids is 2. The molecule has 0 fully saturated rings. The summed E-state index contributed by atoms with van der Waals surface area (Å²) in [4.78, 5) is 25.1. The highest BCUT2D eigenvalue weighted by Gasteiger charge is 2.30. The number of urea groups is 1. The van der Waals surface area contributed by atoms with E-state index in [0.29, 0.717) is 13.0 Å². The first-order valence-corrected chi connectivity index (χ1v) is 9.48. The topological polar surface area (TPSA) is 95.6 Å². The van der Waals surface area contributed by atoms with Crippen LogP contribution in [0, 0.1) is 0 Å². The van der Waals surface area contributed by atoms with Gasteiger partial charge in [-0.3, -0.25) is 4.79 Å². The first-order chi connectivity index (χ1) is 11.3. The molecule has 1 aromatic rings. The maximum absolute atomic E-state index is 12.3. The van der Waals surface area contributed by atoms with Gasteiger partial charge in [0.25, 0.3) is 10.0 Å². The molecule has 0 aliphatic carbocycles. The van der Waals surface area contributed by atoms with Crippen LogP contribution in [-0.2, 0) is 21.2 Å². The van der Waals surface area contributed by atoms with Crippen LogP contribution in [0.15, 0.2) is 23.1 Å². The molecule has 8 heteroatoms. The maximum atomic E-state index is 12.3. The molecule has 0 radical (unpaired) electrons. The largest absolute Gasteiger partial charge is 0.337 e. The number of carbonyl (C=O) groups is 2. The fourth-order valence-corrected chi connectivity index (χ4v) is 3.83. The Labute approximate surface area is 142 Å². The molecule has 0 saturated heterocycles. The first-order valence-electron chi connectivity index (χ1n) is 7.99. The van der Waals surface area contributed by atoms with Crippen LogP contribution in [-0.4, -0.2) is 32.9 Å². The molecule has 24 heavy (non-hydrogen) atoms. The second kappa shape index (κ2) is 7.21. The standard InChI is InChI=1S/C16H23N3O4S/c1-4-5-8-17-16(21)18-24(22,23)14-6-7-15-13(10-14)9-11(2)19(15)12(3)20/h6-7,10-11H,4-5,8-9H2,1-3H3,(H2,17,18,21)/t11-/m1/s1. The van der Waals surface area contributed by atoms with Crippen molar-refractivity contribution in [1.82, 2.24) is 10.0 Å². The van der Waals surface area contributed by atoms with Crippen molar-refractivity contribution in [1.29, 1.82) is 0 Å². The van der Waals surface area contributed by atoms with Gasteiger partial charge in [0, 0.05) is 25.2 Å². The van der Waals surface area contributed by atoms with Gasteiger partial charge >= 0.3 is 6.03 Å². The van der Waals surface area contributed by atoms with Crippen LogP contribution in [0.2, 0.25) is 0 Å². The number of anilines is 1. The molecular formula is C16H23N3O4S. The fraction of sp³-hybridized carbons (Fsp3) is 0.500. The highest BCUT2D eigenvalue weighted by Crippen LogP contribution is 2.33. The zero-order valence-corrected chi connectivity index (χ0v) is 14.9. The van der Waals surface area contributed by atoms with Crippen LogP contribution in [0.25, 0.3) is 0 Å². The molecule has 2 N–H and O–H groups in total. The van der Waals surface area contributed by atoms with E-state index in [-0.39, 0.29) is 16.8 Å². The Morgan fingerprint density at radius 3 is 2.67 bits per heavy atom. The van der Waals surface area contributed by atoms with E-state index in [1.807, 2.05) is 18.6 Å². The Bertz CT molecular complexity index is 746. The van der Waals surface area contributed by atoms with Gasteiger partial charge in [0.2, 0.25) is 5.91 Å². The Kier molecular flexibility index (Phi) is 5.48. The molecule has 1 aromatic carbocycles. The van der Waals surface area contributed by atoms with E-state index in [1.165, 1.54) is 19.1 Å². The zero-order valence-electron chi connectivity index (χ0n) is 14.1. The van der Waals surface area contributed by atoms with E-state index in [9.17, 15) is 18.0 Å². The average molecular weight is 353 g/mol. The number of amides is 3. The van der Waals surface area contributed by atoms with Gasteiger partial charge in [0.15, 0.2) is 0 Å². The summed E-state index contributed by atoms with van der Waals surface area (Å²) in [6, 6.07) is 3.80. The second-order valence-corrected chi connectivity index (χ2v) is 7.63. The van der Waals surface area contributed by atoms with Gasteiger partial charge in [-0.15, -0.1) is 0 Å². The minimum Gasteiger partial charge on any atom is -0.337 e. The normalized spacial score (nSPS) is 16.6. The monoisotopic (exact) mass is 353 g/mol. The molecule has 132 valence electrons. The van der Waals surface area contributed by atoms with E-state index in [1.54, 1.807) is 11.0 Å². The van der Waals surface area contributed by atoms with E-state index in [4.69, 9.17) is 0 Å². The number of fused-ring (bicyclic) bond motifs is 1. The lowest BCUT2D eigenvalue weighted by Gasteiger charge is -2.20. The number of benzene rings is 1. The number of unbranched alkanes of at least 4 members (excludes halogenated alkanes) is 1. The summed E-state index contributed by atoms with van der Waals surface area (Å²) in [5.74, 6) is -0.0784. The lowest BCUT2D eigenvalue weighted by atomic mass is 10.1. The first kappa shape index (κ1) is 18.3. The predicted octanol–water partition coefficient (Wildman–Crippen LogP) is 1.77. The molecular weight excluding hydrogens is 330 g/mol. The molecule has 0 spiro atoms. The predicted molar refractivity (Wildman–Crippen MR) is 91.4 cm³/mol. The summed E-state index contributed by atoms with van der Waals surface area (Å²) in [7, 11) is -3.94. The van der Waals surface area contributed by atoms with Crippen LogP contribution in [0.4, 0.5) is 10.5 Å². The van der Waals surface area contributed by atoms with Crippen molar-refractivity contribution in [2.24, 2.45) is 0 Å². The molecule has 0 aromatic heterocycles. The minimum absolute atomic E-state index is 0.0132. The molecule has 1 atom stereocenters. The Hall–Kier alpha value is -2.09. The van der Waals surface area contributed by atoms with Crippen LogP contribution in [0.1, 0.15) is 39.2 Å². The van der Waals surface area contributed by atoms with Gasteiger partial charge in [0.1, 0.15) is 0 Å². The minimum atomic E-state index is -3.94. The zero-order chi connectivity index (χ0) is 17.9. The Morgan fingerprint density at radius 2 is 2.04 bits per heavy atom. The quantitative estimate of drug-likeness (QED) is 0.789. The van der Waals surface area contributed by atoms with E-state index < -0.39 is 16.1 Å². The van der Waals surface area contributed by atoms with Gasteiger partial charge in [-0.1, -0.05) is 13.3 Å². The van der Waals surface area contributed by atoms with Crippen molar-refractivity contribution < 1.29 is 18.0 Å². The lowest BCUT2D eigenvalue weighted by molar-refractivity contribution is -0.116. The lowest BCUT2D eigenvalue weighted by Crippen LogP contribution is -2.39. The molecule has 1 aliphatic heterocycles. The number of rotatable bonds is 5. The van der Waals surface area contributed by atoms with Crippen LogP contribution >= 0.6 is 0 Å². The van der Waals surface area contributed by atoms with E-state index >= 15 is 0 Å². The Morgan fingerprint density at radius 1 is 1.33 bits per heavy atom. The smallest absolute Gasteiger partial charge is 0.328 e. The van der Waals surface area contributed by atoms with Crippen molar-refractivity contribution in [3.05, 3.63) is 23.8 Å². The summed E-state index contributed by atoms with van der Waals surface area (Å²) in [6.45, 7) is 5.80. The van der Waals surface area contributed by atoms with Crippen molar-refractivity contribution in [2.75, 3.05) is 11.4 Å². The molecule has 1 aliphatic rings. The SMILES string of the molecule is CCCCNC(=O)NS(=O)(=O)c1ccc2c(c1)C[C@@H](C)N2C(C)=O. The molecule has 3 amide bonds. The molecule has 0 saturated carbocycles. The van der Waals surface area contributed by atoms with E-state index in [0.717, 1.165) is 24.1 Å². The summed E-state index contributed by atoms with van der Waals surface area (Å²) < 4.78 is 26.6. The second-order valence-electron chi connectivity index (χ2n) is 5.95. The third kappa shape index (κ3) is 3.87. The van der Waals surface area contributed by atoms with Crippen molar-refractivity contribution in [3.63, 3.8) is 0 Å². The van der Waals surface area contributed by atoms with Crippen LogP contribution in [0.5, 0.6) is 0 Å². The third-order valence-electron chi connectivity index (χ3n) is 3.96. The van der Waals surface area contributed by atoms with Crippen molar-refractivity contribution >= 4 is 27.6 Å². The Balaban J connectivity index is 2.17. The summed E-state index contributed by atoms with van der Waals surface area (Å²) in [5, 5.41) is 2.51. The number of nitrogens with one attached hydrogen (secondary N) is 2.